The van der Waals surface area contributed by atoms with E-state index < -0.39 is 0 Å². The van der Waals surface area contributed by atoms with Crippen LogP contribution in [0.3, 0.4) is 0 Å². The first-order valence-corrected chi connectivity index (χ1v) is 7.53. The second-order valence-corrected chi connectivity index (χ2v) is 5.38. The van der Waals surface area contributed by atoms with Gasteiger partial charge >= 0.3 is 0 Å². The molecule has 0 spiro atoms. The highest BCUT2D eigenvalue weighted by molar-refractivity contribution is 5.81. The van der Waals surface area contributed by atoms with Crippen LogP contribution >= 0.6 is 0 Å². The summed E-state index contributed by atoms with van der Waals surface area (Å²) in [5.74, 6) is 0.893. The van der Waals surface area contributed by atoms with E-state index in [-0.39, 0.29) is 18.5 Å². The molecular formula is C14H24N4O3. The van der Waals surface area contributed by atoms with Crippen LogP contribution in [0.4, 0.5) is 0 Å². The number of carbonyl (C=O) groups is 1. The minimum atomic E-state index is -0.121. The van der Waals surface area contributed by atoms with Crippen LogP contribution in [-0.2, 0) is 22.7 Å². The van der Waals surface area contributed by atoms with Gasteiger partial charge in [-0.2, -0.15) is 4.98 Å². The topological polar surface area (TPSA) is 80.5 Å². The Morgan fingerprint density at radius 1 is 1.38 bits per heavy atom. The summed E-state index contributed by atoms with van der Waals surface area (Å²) in [4.78, 5) is 18.6. The van der Waals surface area contributed by atoms with Gasteiger partial charge in [-0.1, -0.05) is 18.0 Å². The molecule has 7 nitrogen and oxygen atoms in total. The number of aromatic nitrogens is 2. The maximum Gasteiger partial charge on any atom is 0.246 e. The lowest BCUT2D eigenvalue weighted by atomic mass is 10.2. The fraction of sp³-hybridized carbons (Fsp3) is 0.786. The number of ether oxygens (including phenoxy) is 1. The molecule has 1 aromatic heterocycles. The SMILES string of the molecule is COCc1noc(CNC(=O)[C@@H](C)N2CCCCCC2)n1. The average Bonchev–Trinajstić information content (AvgIpc) is 2.76. The summed E-state index contributed by atoms with van der Waals surface area (Å²) in [6.07, 6.45) is 4.85. The van der Waals surface area contributed by atoms with E-state index in [0.29, 0.717) is 18.3 Å². The summed E-state index contributed by atoms with van der Waals surface area (Å²) in [5.41, 5.74) is 0. The first-order chi connectivity index (χ1) is 10.2. The highest BCUT2D eigenvalue weighted by Gasteiger charge is 2.22. The highest BCUT2D eigenvalue weighted by Crippen LogP contribution is 2.12. The van der Waals surface area contributed by atoms with Crippen LogP contribution in [0.2, 0.25) is 0 Å². The fourth-order valence-corrected chi connectivity index (χ4v) is 2.51. The molecule has 1 atom stereocenters. The van der Waals surface area contributed by atoms with E-state index in [2.05, 4.69) is 20.4 Å². The molecule has 2 heterocycles. The monoisotopic (exact) mass is 296 g/mol. The van der Waals surface area contributed by atoms with Crippen LogP contribution in [0.15, 0.2) is 4.52 Å². The summed E-state index contributed by atoms with van der Waals surface area (Å²) >= 11 is 0. The minimum Gasteiger partial charge on any atom is -0.377 e. The third kappa shape index (κ3) is 4.78. The second kappa shape index (κ2) is 8.09. The maximum absolute atomic E-state index is 12.2. The molecule has 0 unspecified atom stereocenters. The van der Waals surface area contributed by atoms with Crippen molar-refractivity contribution >= 4 is 5.91 Å². The van der Waals surface area contributed by atoms with Crippen molar-refractivity contribution in [2.75, 3.05) is 20.2 Å². The Morgan fingerprint density at radius 3 is 2.76 bits per heavy atom. The lowest BCUT2D eigenvalue weighted by Crippen LogP contribution is -2.45. The Labute approximate surface area is 125 Å². The standard InChI is InChI=1S/C14H24N4O3/c1-11(18-7-5-3-4-6-8-18)14(19)15-9-13-16-12(10-20-2)17-21-13/h11H,3-10H2,1-2H3,(H,15,19)/t11-/m1/s1. The van der Waals surface area contributed by atoms with Crippen molar-refractivity contribution in [1.29, 1.82) is 0 Å². The molecule has 1 aromatic rings. The molecule has 1 N–H and O–H groups in total. The van der Waals surface area contributed by atoms with E-state index in [0.717, 1.165) is 13.1 Å². The van der Waals surface area contributed by atoms with Gasteiger partial charge in [0.15, 0.2) is 5.82 Å². The Bertz CT molecular complexity index is 441. The van der Waals surface area contributed by atoms with Crippen molar-refractivity contribution in [3.63, 3.8) is 0 Å². The Kier molecular flexibility index (Phi) is 6.13. The Hall–Kier alpha value is -1.47. The van der Waals surface area contributed by atoms with E-state index in [1.54, 1.807) is 7.11 Å². The average molecular weight is 296 g/mol. The third-order valence-electron chi connectivity index (χ3n) is 3.77. The van der Waals surface area contributed by atoms with Gasteiger partial charge in [0, 0.05) is 7.11 Å². The zero-order chi connectivity index (χ0) is 15.1. The van der Waals surface area contributed by atoms with E-state index in [1.165, 1.54) is 25.7 Å². The van der Waals surface area contributed by atoms with Crippen LogP contribution in [-0.4, -0.2) is 47.2 Å². The summed E-state index contributed by atoms with van der Waals surface area (Å²) in [6, 6.07) is -0.121. The van der Waals surface area contributed by atoms with Gasteiger partial charge in [0.05, 0.1) is 12.6 Å². The van der Waals surface area contributed by atoms with Gasteiger partial charge in [-0.05, 0) is 32.9 Å². The lowest BCUT2D eigenvalue weighted by Gasteiger charge is -2.26. The van der Waals surface area contributed by atoms with Crippen molar-refractivity contribution in [1.82, 2.24) is 20.4 Å². The maximum atomic E-state index is 12.2. The number of rotatable bonds is 6. The molecule has 118 valence electrons. The molecule has 0 saturated carbocycles. The van der Waals surface area contributed by atoms with Gasteiger partial charge in [-0.25, -0.2) is 0 Å². The van der Waals surface area contributed by atoms with E-state index >= 15 is 0 Å². The van der Waals surface area contributed by atoms with Crippen LogP contribution in [0.25, 0.3) is 0 Å². The smallest absolute Gasteiger partial charge is 0.246 e. The molecule has 0 aromatic carbocycles. The van der Waals surface area contributed by atoms with Gasteiger partial charge in [0.2, 0.25) is 11.8 Å². The van der Waals surface area contributed by atoms with E-state index in [4.69, 9.17) is 9.26 Å². The predicted octanol–water partition coefficient (Wildman–Crippen LogP) is 1.10. The Balaban J connectivity index is 1.79. The molecule has 1 fully saturated rings. The van der Waals surface area contributed by atoms with Crippen LogP contribution in [0.1, 0.15) is 44.3 Å². The van der Waals surface area contributed by atoms with E-state index in [1.807, 2.05) is 6.92 Å². The number of carbonyl (C=O) groups excluding carboxylic acids is 1. The molecule has 1 amide bonds. The zero-order valence-corrected chi connectivity index (χ0v) is 12.8. The number of amides is 1. The largest absolute Gasteiger partial charge is 0.377 e. The van der Waals surface area contributed by atoms with Crippen LogP contribution < -0.4 is 5.32 Å². The van der Waals surface area contributed by atoms with Crippen molar-refractivity contribution in [2.45, 2.75) is 51.8 Å². The number of nitrogens with one attached hydrogen (secondary N) is 1. The molecule has 1 aliphatic rings. The predicted molar refractivity (Wildman–Crippen MR) is 76.4 cm³/mol. The number of hydrogen-bond acceptors (Lipinski definition) is 6. The summed E-state index contributed by atoms with van der Waals surface area (Å²) in [7, 11) is 1.57. The quantitative estimate of drug-likeness (QED) is 0.846. The zero-order valence-electron chi connectivity index (χ0n) is 12.8. The summed E-state index contributed by atoms with van der Waals surface area (Å²) in [5, 5.41) is 6.61. The number of methoxy groups -OCH3 is 1. The van der Waals surface area contributed by atoms with Crippen molar-refractivity contribution in [3.8, 4) is 0 Å². The third-order valence-corrected chi connectivity index (χ3v) is 3.77. The van der Waals surface area contributed by atoms with Gasteiger partial charge < -0.3 is 14.6 Å². The number of nitrogens with zero attached hydrogens (tertiary/aromatic N) is 3. The molecule has 21 heavy (non-hydrogen) atoms. The lowest BCUT2D eigenvalue weighted by molar-refractivity contribution is -0.126. The number of hydrogen-bond donors (Lipinski definition) is 1. The van der Waals surface area contributed by atoms with Gasteiger partial charge in [0.1, 0.15) is 6.61 Å². The molecule has 1 saturated heterocycles. The Morgan fingerprint density at radius 2 is 2.10 bits per heavy atom. The normalized spacial score (nSPS) is 18.2. The molecule has 0 radical (unpaired) electrons. The molecule has 1 aliphatic heterocycles. The highest BCUT2D eigenvalue weighted by atomic mass is 16.5. The van der Waals surface area contributed by atoms with Crippen molar-refractivity contribution in [2.24, 2.45) is 0 Å². The van der Waals surface area contributed by atoms with Crippen LogP contribution in [0, 0.1) is 0 Å². The first kappa shape index (κ1) is 15.9. The minimum absolute atomic E-state index is 0.00314. The van der Waals surface area contributed by atoms with Crippen molar-refractivity contribution < 1.29 is 14.1 Å². The number of likely N-dealkylation sites (tertiary alicyclic amines) is 1. The van der Waals surface area contributed by atoms with Gasteiger partial charge in [-0.15, -0.1) is 0 Å². The molecule has 0 bridgehead atoms. The molecule has 7 heteroatoms. The van der Waals surface area contributed by atoms with Gasteiger partial charge in [-0.3, -0.25) is 9.69 Å². The fourth-order valence-electron chi connectivity index (χ4n) is 2.51. The summed E-state index contributed by atoms with van der Waals surface area (Å²) < 4.78 is 9.96. The van der Waals surface area contributed by atoms with E-state index in [9.17, 15) is 4.79 Å². The van der Waals surface area contributed by atoms with Crippen molar-refractivity contribution in [3.05, 3.63) is 11.7 Å². The molecule has 0 aliphatic carbocycles. The second-order valence-electron chi connectivity index (χ2n) is 5.38. The first-order valence-electron chi connectivity index (χ1n) is 7.53. The van der Waals surface area contributed by atoms with Crippen LogP contribution in [0.5, 0.6) is 0 Å². The van der Waals surface area contributed by atoms with Gasteiger partial charge in [0.25, 0.3) is 0 Å². The molecule has 2 rings (SSSR count). The molecular weight excluding hydrogens is 272 g/mol. The summed E-state index contributed by atoms with van der Waals surface area (Å²) in [6.45, 7) is 4.50.